The number of ether oxygens (including phenoxy) is 5. The Balaban J connectivity index is 2.18. The highest BCUT2D eigenvalue weighted by Crippen LogP contribution is 2.45. The molecule has 0 spiro atoms. The summed E-state index contributed by atoms with van der Waals surface area (Å²) in [7, 11) is 6.51. The Bertz CT molecular complexity index is 754. The van der Waals surface area contributed by atoms with Crippen LogP contribution in [0.3, 0.4) is 0 Å². The van der Waals surface area contributed by atoms with Crippen molar-refractivity contribution >= 4 is 5.57 Å². The van der Waals surface area contributed by atoms with E-state index in [0.717, 1.165) is 28.2 Å². The summed E-state index contributed by atoms with van der Waals surface area (Å²) in [5, 5.41) is 0. The predicted octanol–water partition coefficient (Wildman–Crippen LogP) is 3.55. The van der Waals surface area contributed by atoms with Crippen molar-refractivity contribution in [3.63, 3.8) is 0 Å². The molecule has 0 bridgehead atoms. The molecule has 0 saturated carbocycles. The minimum atomic E-state index is 0.466. The van der Waals surface area contributed by atoms with Crippen LogP contribution in [0, 0.1) is 0 Å². The first-order chi connectivity index (χ1) is 11.7. The number of hydrogen-bond acceptors (Lipinski definition) is 5. The maximum absolute atomic E-state index is 5.75. The molecular formula is C19H20O5. The summed E-state index contributed by atoms with van der Waals surface area (Å²) in [6.45, 7) is 0.466. The van der Waals surface area contributed by atoms with E-state index in [-0.39, 0.29) is 0 Å². The SMILES string of the molecule is COc1ccc2c(c1)OCC=C2c1c(OC)cc(OC)cc1OC. The van der Waals surface area contributed by atoms with Crippen LogP contribution < -0.4 is 23.7 Å². The number of rotatable bonds is 5. The van der Waals surface area contributed by atoms with Crippen LogP contribution in [0.25, 0.3) is 5.57 Å². The average Bonchev–Trinajstić information content (AvgIpc) is 2.65. The van der Waals surface area contributed by atoms with Gasteiger partial charge in [0.05, 0.1) is 34.0 Å². The van der Waals surface area contributed by atoms with Crippen LogP contribution in [0.5, 0.6) is 28.7 Å². The number of fused-ring (bicyclic) bond motifs is 1. The molecule has 126 valence electrons. The van der Waals surface area contributed by atoms with E-state index in [1.807, 2.05) is 36.4 Å². The van der Waals surface area contributed by atoms with Gasteiger partial charge >= 0.3 is 0 Å². The van der Waals surface area contributed by atoms with Crippen LogP contribution in [-0.4, -0.2) is 35.0 Å². The van der Waals surface area contributed by atoms with Gasteiger partial charge in [0.25, 0.3) is 0 Å². The maximum Gasteiger partial charge on any atom is 0.134 e. The molecule has 0 atom stereocenters. The lowest BCUT2D eigenvalue weighted by Gasteiger charge is -2.23. The zero-order chi connectivity index (χ0) is 17.1. The number of methoxy groups -OCH3 is 4. The van der Waals surface area contributed by atoms with Gasteiger partial charge in [-0.15, -0.1) is 0 Å². The van der Waals surface area contributed by atoms with Crippen LogP contribution in [-0.2, 0) is 0 Å². The van der Waals surface area contributed by atoms with Crippen LogP contribution in [0.1, 0.15) is 11.1 Å². The molecule has 1 heterocycles. The zero-order valence-electron chi connectivity index (χ0n) is 14.2. The Morgan fingerprint density at radius 1 is 0.792 bits per heavy atom. The topological polar surface area (TPSA) is 46.2 Å². The summed E-state index contributed by atoms with van der Waals surface area (Å²) in [4.78, 5) is 0. The molecule has 2 aromatic rings. The van der Waals surface area contributed by atoms with Gasteiger partial charge in [0.1, 0.15) is 35.4 Å². The molecule has 0 unspecified atom stereocenters. The summed E-state index contributed by atoms with van der Waals surface area (Å²) >= 11 is 0. The highest BCUT2D eigenvalue weighted by molar-refractivity contribution is 5.89. The molecule has 0 radical (unpaired) electrons. The summed E-state index contributed by atoms with van der Waals surface area (Å²) < 4.78 is 27.5. The van der Waals surface area contributed by atoms with Gasteiger partial charge in [0.2, 0.25) is 0 Å². The van der Waals surface area contributed by atoms with Crippen molar-refractivity contribution in [2.45, 2.75) is 0 Å². The Labute approximate surface area is 141 Å². The molecule has 3 rings (SSSR count). The molecule has 0 amide bonds. The van der Waals surface area contributed by atoms with E-state index in [1.165, 1.54) is 0 Å². The van der Waals surface area contributed by atoms with Crippen LogP contribution in [0.2, 0.25) is 0 Å². The van der Waals surface area contributed by atoms with Gasteiger partial charge in [0, 0.05) is 23.8 Å². The average molecular weight is 328 g/mol. The fraction of sp³-hybridized carbons (Fsp3) is 0.263. The number of hydrogen-bond donors (Lipinski definition) is 0. The van der Waals surface area contributed by atoms with E-state index in [4.69, 9.17) is 23.7 Å². The maximum atomic E-state index is 5.75. The highest BCUT2D eigenvalue weighted by Gasteiger charge is 2.23. The van der Waals surface area contributed by atoms with Gasteiger partial charge in [-0.2, -0.15) is 0 Å². The third kappa shape index (κ3) is 2.73. The standard InChI is InChI=1S/C19H20O5/c1-20-12-5-6-14-15(7-8-24-16(14)9-12)19-17(22-3)10-13(21-2)11-18(19)23-4/h5-7,9-11H,8H2,1-4H3. The van der Waals surface area contributed by atoms with Crippen molar-refractivity contribution in [2.75, 3.05) is 35.0 Å². The van der Waals surface area contributed by atoms with E-state index in [2.05, 4.69) is 0 Å². The van der Waals surface area contributed by atoms with E-state index >= 15 is 0 Å². The fourth-order valence-corrected chi connectivity index (χ4v) is 2.80. The molecule has 0 fully saturated rings. The lowest BCUT2D eigenvalue weighted by atomic mass is 9.93. The summed E-state index contributed by atoms with van der Waals surface area (Å²) in [5.74, 6) is 3.56. The number of benzene rings is 2. The second-order valence-corrected chi connectivity index (χ2v) is 5.20. The molecule has 1 aliphatic heterocycles. The van der Waals surface area contributed by atoms with Crippen molar-refractivity contribution in [2.24, 2.45) is 0 Å². The first-order valence-corrected chi connectivity index (χ1v) is 7.53. The van der Waals surface area contributed by atoms with Gasteiger partial charge in [-0.3, -0.25) is 0 Å². The van der Waals surface area contributed by atoms with E-state index in [1.54, 1.807) is 28.4 Å². The van der Waals surface area contributed by atoms with Gasteiger partial charge in [-0.25, -0.2) is 0 Å². The molecule has 5 nitrogen and oxygen atoms in total. The minimum Gasteiger partial charge on any atom is -0.497 e. The monoisotopic (exact) mass is 328 g/mol. The van der Waals surface area contributed by atoms with Crippen molar-refractivity contribution < 1.29 is 23.7 Å². The Morgan fingerprint density at radius 3 is 2.04 bits per heavy atom. The van der Waals surface area contributed by atoms with Gasteiger partial charge in [-0.1, -0.05) is 0 Å². The molecule has 2 aromatic carbocycles. The third-order valence-electron chi connectivity index (χ3n) is 3.99. The molecule has 5 heteroatoms. The summed E-state index contributed by atoms with van der Waals surface area (Å²) in [6, 6.07) is 9.45. The zero-order valence-corrected chi connectivity index (χ0v) is 14.2. The first kappa shape index (κ1) is 16.1. The molecule has 24 heavy (non-hydrogen) atoms. The molecule has 0 N–H and O–H groups in total. The molecule has 0 aliphatic carbocycles. The normalized spacial score (nSPS) is 12.6. The predicted molar refractivity (Wildman–Crippen MR) is 91.7 cm³/mol. The van der Waals surface area contributed by atoms with Gasteiger partial charge < -0.3 is 23.7 Å². The van der Waals surface area contributed by atoms with Crippen LogP contribution in [0.4, 0.5) is 0 Å². The van der Waals surface area contributed by atoms with Crippen LogP contribution >= 0.6 is 0 Å². The molecule has 0 saturated heterocycles. The quantitative estimate of drug-likeness (QED) is 0.840. The Hall–Kier alpha value is -2.82. The second kappa shape index (κ2) is 6.74. The van der Waals surface area contributed by atoms with Crippen molar-refractivity contribution in [1.82, 2.24) is 0 Å². The smallest absolute Gasteiger partial charge is 0.134 e. The third-order valence-corrected chi connectivity index (χ3v) is 3.99. The van der Waals surface area contributed by atoms with Crippen molar-refractivity contribution in [3.8, 4) is 28.7 Å². The van der Waals surface area contributed by atoms with E-state index in [9.17, 15) is 0 Å². The fourth-order valence-electron chi connectivity index (χ4n) is 2.80. The van der Waals surface area contributed by atoms with Crippen molar-refractivity contribution in [3.05, 3.63) is 47.5 Å². The van der Waals surface area contributed by atoms with E-state index < -0.39 is 0 Å². The molecule has 1 aliphatic rings. The minimum absolute atomic E-state index is 0.466. The molecular weight excluding hydrogens is 308 g/mol. The van der Waals surface area contributed by atoms with Gasteiger partial charge in [0.15, 0.2) is 0 Å². The first-order valence-electron chi connectivity index (χ1n) is 7.53. The highest BCUT2D eigenvalue weighted by atomic mass is 16.5. The van der Waals surface area contributed by atoms with Crippen LogP contribution in [0.15, 0.2) is 36.4 Å². The lowest BCUT2D eigenvalue weighted by Crippen LogP contribution is -2.08. The second-order valence-electron chi connectivity index (χ2n) is 5.20. The Kier molecular flexibility index (Phi) is 4.51. The lowest BCUT2D eigenvalue weighted by molar-refractivity contribution is 0.350. The summed E-state index contributed by atoms with van der Waals surface area (Å²) in [6.07, 6.45) is 2.02. The largest absolute Gasteiger partial charge is 0.497 e. The Morgan fingerprint density at radius 2 is 1.46 bits per heavy atom. The van der Waals surface area contributed by atoms with E-state index in [0.29, 0.717) is 23.9 Å². The molecule has 0 aromatic heterocycles. The van der Waals surface area contributed by atoms with Crippen molar-refractivity contribution in [1.29, 1.82) is 0 Å². The van der Waals surface area contributed by atoms with Gasteiger partial charge in [-0.05, 0) is 23.8 Å². The summed E-state index contributed by atoms with van der Waals surface area (Å²) in [5.41, 5.74) is 2.83.